The third-order valence-electron chi connectivity index (χ3n) is 2.27. The average Bonchev–Trinajstić information content (AvgIpc) is 2.45. The van der Waals surface area contributed by atoms with Crippen LogP contribution in [0.15, 0.2) is 0 Å². The van der Waals surface area contributed by atoms with Crippen molar-refractivity contribution in [1.82, 2.24) is 11.0 Å². The van der Waals surface area contributed by atoms with E-state index in [1.807, 2.05) is 0 Å². The summed E-state index contributed by atoms with van der Waals surface area (Å²) >= 11 is 9.66. The first-order valence-corrected chi connectivity index (χ1v) is 5.09. The van der Waals surface area contributed by atoms with Crippen molar-refractivity contribution >= 4 is 27.5 Å². The molecule has 2 fully saturated rings. The van der Waals surface area contributed by atoms with Gasteiger partial charge in [0.2, 0.25) is 0 Å². The van der Waals surface area contributed by atoms with Crippen LogP contribution in [-0.2, 0) is 4.94 Å². The molecule has 1 heterocycles. The summed E-state index contributed by atoms with van der Waals surface area (Å²) in [7, 11) is 0. The Balaban J connectivity index is 2.08. The Morgan fingerprint density at radius 3 is 2.73 bits per heavy atom. The number of rotatable bonds is 0. The Bertz CT molecular complexity index is 144. The van der Waals surface area contributed by atoms with Gasteiger partial charge in [0, 0.05) is 4.83 Å². The fraction of sp³-hybridized carbons (Fsp3) is 1.00. The molecule has 0 amide bonds. The van der Waals surface area contributed by atoms with Gasteiger partial charge in [0.25, 0.3) is 0 Å². The molecule has 11 heavy (non-hydrogen) atoms. The molecule has 1 aliphatic carbocycles. The SMILES string of the molecule is ClC1CCC(Br)C2NONC12. The lowest BCUT2D eigenvalue weighted by molar-refractivity contribution is 0.00987. The number of halogens is 2. The van der Waals surface area contributed by atoms with Crippen molar-refractivity contribution in [3.8, 4) is 0 Å². The minimum atomic E-state index is 0.184. The van der Waals surface area contributed by atoms with Crippen LogP contribution in [0.3, 0.4) is 0 Å². The van der Waals surface area contributed by atoms with E-state index in [4.69, 9.17) is 16.5 Å². The van der Waals surface area contributed by atoms with Gasteiger partial charge in [0.15, 0.2) is 0 Å². The van der Waals surface area contributed by atoms with Crippen LogP contribution in [0.5, 0.6) is 0 Å². The van der Waals surface area contributed by atoms with Crippen molar-refractivity contribution in [2.24, 2.45) is 0 Å². The van der Waals surface area contributed by atoms with Crippen LogP contribution in [0.1, 0.15) is 12.8 Å². The molecule has 1 saturated heterocycles. The quantitative estimate of drug-likeness (QED) is 0.619. The van der Waals surface area contributed by atoms with Gasteiger partial charge in [-0.2, -0.15) is 11.0 Å². The predicted molar refractivity (Wildman–Crippen MR) is 46.5 cm³/mol. The highest BCUT2D eigenvalue weighted by Crippen LogP contribution is 2.30. The van der Waals surface area contributed by atoms with E-state index >= 15 is 0 Å². The summed E-state index contributed by atoms with van der Waals surface area (Å²) in [6.45, 7) is 0. The maximum atomic E-state index is 6.08. The minimum absolute atomic E-state index is 0.184. The van der Waals surface area contributed by atoms with Crippen LogP contribution in [-0.4, -0.2) is 22.3 Å². The summed E-state index contributed by atoms with van der Waals surface area (Å²) in [5.41, 5.74) is 5.76. The zero-order valence-electron chi connectivity index (χ0n) is 5.89. The third-order valence-corrected chi connectivity index (χ3v) is 3.79. The number of hydrogen-bond acceptors (Lipinski definition) is 3. The molecule has 3 nitrogen and oxygen atoms in total. The molecule has 1 aliphatic heterocycles. The highest BCUT2D eigenvalue weighted by molar-refractivity contribution is 9.09. The van der Waals surface area contributed by atoms with Gasteiger partial charge in [-0.05, 0) is 12.8 Å². The Labute approximate surface area is 78.8 Å². The third kappa shape index (κ3) is 1.42. The van der Waals surface area contributed by atoms with Crippen LogP contribution in [0.2, 0.25) is 0 Å². The van der Waals surface area contributed by atoms with Gasteiger partial charge < -0.3 is 0 Å². The van der Waals surface area contributed by atoms with E-state index in [-0.39, 0.29) is 11.4 Å². The first-order valence-electron chi connectivity index (χ1n) is 3.74. The van der Waals surface area contributed by atoms with Crippen LogP contribution in [0.4, 0.5) is 0 Å². The largest absolute Gasteiger partial charge is 0.213 e. The lowest BCUT2D eigenvalue weighted by Crippen LogP contribution is -2.49. The van der Waals surface area contributed by atoms with E-state index in [2.05, 4.69) is 26.9 Å². The molecule has 2 N–H and O–H groups in total. The Kier molecular flexibility index (Phi) is 2.39. The summed E-state index contributed by atoms with van der Waals surface area (Å²) in [4.78, 5) is 5.39. The fourth-order valence-corrected chi connectivity index (χ4v) is 2.63. The van der Waals surface area contributed by atoms with E-state index in [0.29, 0.717) is 10.9 Å². The van der Waals surface area contributed by atoms with Gasteiger partial charge in [0.1, 0.15) is 0 Å². The molecule has 4 unspecified atom stereocenters. The van der Waals surface area contributed by atoms with E-state index in [0.717, 1.165) is 12.8 Å². The average molecular weight is 242 g/mol. The Morgan fingerprint density at radius 1 is 1.27 bits per heavy atom. The number of nitrogens with one attached hydrogen (secondary N) is 2. The van der Waals surface area contributed by atoms with E-state index in [1.165, 1.54) is 0 Å². The summed E-state index contributed by atoms with van der Waals surface area (Å²) in [5.74, 6) is 0. The second-order valence-electron chi connectivity index (χ2n) is 3.00. The molecular formula is C6H10BrClN2O. The maximum Gasteiger partial charge on any atom is 0.0692 e. The number of hydrogen-bond donors (Lipinski definition) is 2. The molecule has 0 spiro atoms. The first-order chi connectivity index (χ1) is 5.29. The lowest BCUT2D eigenvalue weighted by Gasteiger charge is -2.30. The summed E-state index contributed by atoms with van der Waals surface area (Å²) in [6.07, 6.45) is 2.14. The van der Waals surface area contributed by atoms with Gasteiger partial charge in [-0.1, -0.05) is 15.9 Å². The highest BCUT2D eigenvalue weighted by atomic mass is 79.9. The standard InChI is InChI=1S/C6H10BrClN2O/c7-3-1-2-4(8)6-5(3)9-11-10-6/h3-6,9-10H,1-2H2. The van der Waals surface area contributed by atoms with E-state index < -0.39 is 0 Å². The van der Waals surface area contributed by atoms with Gasteiger partial charge >= 0.3 is 0 Å². The number of alkyl halides is 2. The summed E-state index contributed by atoms with van der Waals surface area (Å²) in [6, 6.07) is 0.557. The zero-order valence-corrected chi connectivity index (χ0v) is 8.23. The van der Waals surface area contributed by atoms with Crippen molar-refractivity contribution in [2.75, 3.05) is 0 Å². The normalized spacial score (nSPS) is 50.7. The second kappa shape index (κ2) is 3.18. The van der Waals surface area contributed by atoms with Crippen molar-refractivity contribution in [3.63, 3.8) is 0 Å². The van der Waals surface area contributed by atoms with Gasteiger partial charge in [-0.3, -0.25) is 0 Å². The van der Waals surface area contributed by atoms with Gasteiger partial charge in [-0.15, -0.1) is 11.6 Å². The first kappa shape index (κ1) is 8.26. The molecule has 64 valence electrons. The lowest BCUT2D eigenvalue weighted by atomic mass is 9.91. The summed E-state index contributed by atoms with van der Waals surface area (Å²) in [5, 5.41) is 0.184. The molecule has 0 radical (unpaired) electrons. The molecule has 4 atom stereocenters. The van der Waals surface area contributed by atoms with Crippen molar-refractivity contribution < 1.29 is 4.94 Å². The minimum Gasteiger partial charge on any atom is -0.213 e. The maximum absolute atomic E-state index is 6.08. The van der Waals surface area contributed by atoms with Crippen LogP contribution < -0.4 is 11.0 Å². The number of hydroxylamine groups is 2. The van der Waals surface area contributed by atoms with Gasteiger partial charge in [-0.25, -0.2) is 4.94 Å². The Morgan fingerprint density at radius 2 is 2.00 bits per heavy atom. The topological polar surface area (TPSA) is 33.3 Å². The second-order valence-corrected chi connectivity index (χ2v) is 4.74. The highest BCUT2D eigenvalue weighted by Gasteiger charge is 2.41. The van der Waals surface area contributed by atoms with Crippen molar-refractivity contribution in [2.45, 2.75) is 35.1 Å². The van der Waals surface area contributed by atoms with Crippen LogP contribution in [0, 0.1) is 0 Å². The fourth-order valence-electron chi connectivity index (χ4n) is 1.59. The van der Waals surface area contributed by atoms with Crippen LogP contribution in [0.25, 0.3) is 0 Å². The predicted octanol–water partition coefficient (Wildman–Crippen LogP) is 0.928. The molecule has 0 aromatic carbocycles. The zero-order chi connectivity index (χ0) is 7.84. The molecule has 1 saturated carbocycles. The van der Waals surface area contributed by atoms with Crippen molar-refractivity contribution in [1.29, 1.82) is 0 Å². The monoisotopic (exact) mass is 240 g/mol. The molecule has 0 aromatic rings. The molecule has 0 aromatic heterocycles. The number of fused-ring (bicyclic) bond motifs is 1. The molecule has 5 heteroatoms. The van der Waals surface area contributed by atoms with Crippen LogP contribution >= 0.6 is 27.5 Å². The van der Waals surface area contributed by atoms with E-state index in [9.17, 15) is 0 Å². The van der Waals surface area contributed by atoms with Crippen molar-refractivity contribution in [3.05, 3.63) is 0 Å². The molecular weight excluding hydrogens is 231 g/mol. The van der Waals surface area contributed by atoms with Gasteiger partial charge in [0.05, 0.1) is 17.5 Å². The van der Waals surface area contributed by atoms with E-state index in [1.54, 1.807) is 0 Å². The Hall–Kier alpha value is 0.650. The molecule has 0 bridgehead atoms. The summed E-state index contributed by atoms with van der Waals surface area (Å²) < 4.78 is 0. The molecule has 2 rings (SSSR count). The molecule has 2 aliphatic rings. The smallest absolute Gasteiger partial charge is 0.0692 e.